The summed E-state index contributed by atoms with van der Waals surface area (Å²) in [6.07, 6.45) is 0. The zero-order valence-electron chi connectivity index (χ0n) is 10.4. The second kappa shape index (κ2) is 5.77. The van der Waals surface area contributed by atoms with Gasteiger partial charge in [-0.05, 0) is 42.8 Å². The average molecular weight is 273 g/mol. The Morgan fingerprint density at radius 2 is 2.05 bits per heavy atom. The summed E-state index contributed by atoms with van der Waals surface area (Å²) in [6.45, 7) is 1.91. The van der Waals surface area contributed by atoms with Crippen LogP contribution < -0.4 is 0 Å². The van der Waals surface area contributed by atoms with E-state index in [0.29, 0.717) is 16.0 Å². The summed E-state index contributed by atoms with van der Waals surface area (Å²) in [6, 6.07) is 13.4. The Hall–Kier alpha value is -1.99. The van der Waals surface area contributed by atoms with E-state index in [1.165, 1.54) is 18.2 Å². The Kier molecular flexibility index (Phi) is 4.08. The fraction of sp³-hybridized carbons (Fsp3) is 0.133. The molecule has 0 aliphatic carbocycles. The second-order valence-electron chi connectivity index (χ2n) is 4.22. The lowest BCUT2D eigenvalue weighted by molar-refractivity contribution is 0.615. The molecular formula is C15H12FNOS. The van der Waals surface area contributed by atoms with Gasteiger partial charge in [-0.15, -0.1) is 0 Å². The SMILES string of the molecule is Cc1cccc(S(=O)Cc2cc(C#N)ccc2F)c1. The second-order valence-corrected chi connectivity index (χ2v) is 5.68. The van der Waals surface area contributed by atoms with Gasteiger partial charge in [-0.25, -0.2) is 4.39 Å². The zero-order chi connectivity index (χ0) is 13.8. The minimum absolute atomic E-state index is 0.0742. The Bertz CT molecular complexity index is 676. The molecule has 2 aromatic carbocycles. The first-order valence-electron chi connectivity index (χ1n) is 5.74. The molecule has 0 spiro atoms. The van der Waals surface area contributed by atoms with Gasteiger partial charge in [0.2, 0.25) is 0 Å². The van der Waals surface area contributed by atoms with Crippen LogP contribution in [0, 0.1) is 24.1 Å². The molecule has 0 aromatic heterocycles. The van der Waals surface area contributed by atoms with Crippen LogP contribution in [0.3, 0.4) is 0 Å². The Morgan fingerprint density at radius 1 is 1.26 bits per heavy atom. The molecule has 2 nitrogen and oxygen atoms in total. The normalized spacial score (nSPS) is 11.8. The van der Waals surface area contributed by atoms with E-state index in [1.807, 2.05) is 31.2 Å². The van der Waals surface area contributed by atoms with Gasteiger partial charge in [-0.2, -0.15) is 5.26 Å². The molecule has 0 aliphatic rings. The van der Waals surface area contributed by atoms with Crippen LogP contribution in [0.4, 0.5) is 4.39 Å². The van der Waals surface area contributed by atoms with Crippen LogP contribution in [-0.2, 0) is 16.6 Å². The van der Waals surface area contributed by atoms with Crippen molar-refractivity contribution in [3.63, 3.8) is 0 Å². The summed E-state index contributed by atoms with van der Waals surface area (Å²) in [5.41, 5.74) is 1.69. The van der Waals surface area contributed by atoms with E-state index in [2.05, 4.69) is 0 Å². The fourth-order valence-electron chi connectivity index (χ4n) is 1.74. The van der Waals surface area contributed by atoms with Crippen molar-refractivity contribution in [2.24, 2.45) is 0 Å². The molecule has 0 bridgehead atoms. The van der Waals surface area contributed by atoms with E-state index in [1.54, 1.807) is 6.07 Å². The van der Waals surface area contributed by atoms with Crippen molar-refractivity contribution in [3.8, 4) is 6.07 Å². The number of rotatable bonds is 3. The molecule has 0 saturated carbocycles. The maximum Gasteiger partial charge on any atom is 0.127 e. The maximum absolute atomic E-state index is 13.6. The topological polar surface area (TPSA) is 40.9 Å². The molecule has 0 N–H and O–H groups in total. The molecule has 96 valence electrons. The first-order valence-corrected chi connectivity index (χ1v) is 7.05. The summed E-state index contributed by atoms with van der Waals surface area (Å²) < 4.78 is 25.8. The highest BCUT2D eigenvalue weighted by Gasteiger charge is 2.10. The van der Waals surface area contributed by atoms with Gasteiger partial charge >= 0.3 is 0 Å². The van der Waals surface area contributed by atoms with Crippen LogP contribution in [0.5, 0.6) is 0 Å². The fourth-order valence-corrected chi connectivity index (χ4v) is 2.95. The summed E-state index contributed by atoms with van der Waals surface area (Å²) >= 11 is 0. The number of nitrogens with zero attached hydrogens (tertiary/aromatic N) is 1. The standard InChI is InChI=1S/C15H12FNOS/c1-11-3-2-4-14(7-11)19(18)10-13-8-12(9-17)5-6-15(13)16/h2-8H,10H2,1H3. The number of hydrogen-bond acceptors (Lipinski definition) is 2. The van der Waals surface area contributed by atoms with Crippen LogP contribution in [0.15, 0.2) is 47.4 Å². The molecule has 0 fully saturated rings. The number of aryl methyl sites for hydroxylation is 1. The summed E-state index contributed by atoms with van der Waals surface area (Å²) in [5, 5.41) is 8.79. The highest BCUT2D eigenvalue weighted by Crippen LogP contribution is 2.17. The van der Waals surface area contributed by atoms with Gasteiger partial charge in [0.25, 0.3) is 0 Å². The first-order chi connectivity index (χ1) is 9.10. The van der Waals surface area contributed by atoms with Crippen LogP contribution in [0.1, 0.15) is 16.7 Å². The smallest absolute Gasteiger partial charge is 0.127 e. The summed E-state index contributed by atoms with van der Waals surface area (Å²) in [4.78, 5) is 0.668. The van der Waals surface area contributed by atoms with Crippen LogP contribution in [-0.4, -0.2) is 4.21 Å². The molecule has 0 heterocycles. The Labute approximate surface area is 114 Å². The minimum atomic E-state index is -1.31. The molecule has 0 radical (unpaired) electrons. The lowest BCUT2D eigenvalue weighted by Crippen LogP contribution is -2.00. The molecule has 1 atom stereocenters. The quantitative estimate of drug-likeness (QED) is 0.860. The summed E-state index contributed by atoms with van der Waals surface area (Å²) in [5.74, 6) is -0.356. The van der Waals surface area contributed by atoms with Crippen molar-refractivity contribution >= 4 is 10.8 Å². The van der Waals surface area contributed by atoms with Crippen molar-refractivity contribution < 1.29 is 8.60 Å². The van der Waals surface area contributed by atoms with Gasteiger partial charge in [-0.1, -0.05) is 12.1 Å². The molecule has 2 rings (SSSR count). The van der Waals surface area contributed by atoms with E-state index < -0.39 is 16.6 Å². The number of halogens is 1. The van der Waals surface area contributed by atoms with Crippen molar-refractivity contribution in [1.82, 2.24) is 0 Å². The molecule has 0 saturated heterocycles. The zero-order valence-corrected chi connectivity index (χ0v) is 11.2. The van der Waals surface area contributed by atoms with Gasteiger partial charge in [-0.3, -0.25) is 4.21 Å². The third-order valence-electron chi connectivity index (χ3n) is 2.71. The number of benzene rings is 2. The Morgan fingerprint density at radius 3 is 2.74 bits per heavy atom. The van der Waals surface area contributed by atoms with E-state index in [4.69, 9.17) is 5.26 Å². The lowest BCUT2D eigenvalue weighted by Gasteiger charge is -2.05. The van der Waals surface area contributed by atoms with E-state index >= 15 is 0 Å². The molecule has 2 aromatic rings. The Balaban J connectivity index is 2.27. The minimum Gasteiger partial charge on any atom is -0.254 e. The van der Waals surface area contributed by atoms with Crippen molar-refractivity contribution in [3.05, 3.63) is 65.0 Å². The molecular weight excluding hydrogens is 261 g/mol. The third-order valence-corrected chi connectivity index (χ3v) is 4.07. The van der Waals surface area contributed by atoms with Crippen LogP contribution >= 0.6 is 0 Å². The first kappa shape index (κ1) is 13.4. The third kappa shape index (κ3) is 3.27. The van der Waals surface area contributed by atoms with Crippen molar-refractivity contribution in [2.45, 2.75) is 17.6 Å². The molecule has 0 aliphatic heterocycles. The molecule has 1 unspecified atom stereocenters. The predicted molar refractivity (Wildman–Crippen MR) is 72.4 cm³/mol. The molecule has 0 amide bonds. The largest absolute Gasteiger partial charge is 0.254 e. The lowest BCUT2D eigenvalue weighted by atomic mass is 10.1. The van der Waals surface area contributed by atoms with Gasteiger partial charge < -0.3 is 0 Å². The van der Waals surface area contributed by atoms with Gasteiger partial charge in [0.15, 0.2) is 0 Å². The van der Waals surface area contributed by atoms with E-state index in [-0.39, 0.29) is 5.75 Å². The van der Waals surface area contributed by atoms with Crippen molar-refractivity contribution in [1.29, 1.82) is 5.26 Å². The summed E-state index contributed by atoms with van der Waals surface area (Å²) in [7, 11) is -1.31. The predicted octanol–water partition coefficient (Wildman–Crippen LogP) is 3.31. The molecule has 4 heteroatoms. The van der Waals surface area contributed by atoms with Gasteiger partial charge in [0.1, 0.15) is 5.82 Å². The highest BCUT2D eigenvalue weighted by molar-refractivity contribution is 7.84. The van der Waals surface area contributed by atoms with Crippen molar-refractivity contribution in [2.75, 3.05) is 0 Å². The number of nitriles is 1. The van der Waals surface area contributed by atoms with E-state index in [9.17, 15) is 8.60 Å². The average Bonchev–Trinajstić information content (AvgIpc) is 2.41. The highest BCUT2D eigenvalue weighted by atomic mass is 32.2. The van der Waals surface area contributed by atoms with Gasteiger partial charge in [0, 0.05) is 10.5 Å². The maximum atomic E-state index is 13.6. The van der Waals surface area contributed by atoms with Crippen LogP contribution in [0.2, 0.25) is 0 Å². The van der Waals surface area contributed by atoms with Gasteiger partial charge in [0.05, 0.1) is 28.2 Å². The molecule has 19 heavy (non-hydrogen) atoms. The van der Waals surface area contributed by atoms with E-state index in [0.717, 1.165) is 5.56 Å². The monoisotopic (exact) mass is 273 g/mol. The number of hydrogen-bond donors (Lipinski definition) is 0. The van der Waals surface area contributed by atoms with Crippen LogP contribution in [0.25, 0.3) is 0 Å².